The van der Waals surface area contributed by atoms with Gasteiger partial charge in [0, 0.05) is 32.7 Å². The van der Waals surface area contributed by atoms with Crippen molar-refractivity contribution in [3.8, 4) is 0 Å². The first-order chi connectivity index (χ1) is 7.75. The van der Waals surface area contributed by atoms with Gasteiger partial charge in [0.25, 0.3) is 0 Å². The smallest absolute Gasteiger partial charge is 0.0356 e. The van der Waals surface area contributed by atoms with E-state index < -0.39 is 0 Å². The molecule has 1 aromatic rings. The Morgan fingerprint density at radius 3 is 2.50 bits per heavy atom. The van der Waals surface area contributed by atoms with Gasteiger partial charge >= 0.3 is 0 Å². The first kappa shape index (κ1) is 11.6. The highest BCUT2D eigenvalue weighted by atomic mass is 15.5. The molecule has 0 radical (unpaired) electrons. The third-order valence-electron chi connectivity index (χ3n) is 3.26. The molecule has 0 spiro atoms. The van der Waals surface area contributed by atoms with Crippen molar-refractivity contribution in [2.75, 3.05) is 33.2 Å². The van der Waals surface area contributed by atoms with Gasteiger partial charge in [0.1, 0.15) is 0 Å². The van der Waals surface area contributed by atoms with E-state index in [2.05, 4.69) is 53.6 Å². The normalized spacial score (nSPS) is 18.9. The summed E-state index contributed by atoms with van der Waals surface area (Å²) in [4.78, 5) is 2.37. The maximum Gasteiger partial charge on any atom is 0.0356 e. The lowest BCUT2D eigenvalue weighted by Gasteiger charge is -2.32. The highest BCUT2D eigenvalue weighted by molar-refractivity contribution is 5.25. The van der Waals surface area contributed by atoms with Crippen molar-refractivity contribution in [1.29, 1.82) is 0 Å². The van der Waals surface area contributed by atoms with E-state index in [-0.39, 0.29) is 0 Å². The van der Waals surface area contributed by atoms with E-state index in [1.165, 1.54) is 11.1 Å². The molecule has 3 heteroatoms. The molecule has 1 N–H and O–H groups in total. The zero-order valence-corrected chi connectivity index (χ0v) is 10.2. The van der Waals surface area contributed by atoms with Gasteiger partial charge in [-0.25, -0.2) is 5.01 Å². The Morgan fingerprint density at radius 2 is 1.81 bits per heavy atom. The van der Waals surface area contributed by atoms with E-state index in [1.54, 1.807) is 0 Å². The first-order valence-electron chi connectivity index (χ1n) is 5.97. The third kappa shape index (κ3) is 3.04. The second kappa shape index (κ2) is 5.43. The Morgan fingerprint density at radius 1 is 1.12 bits per heavy atom. The van der Waals surface area contributed by atoms with Crippen LogP contribution in [-0.2, 0) is 6.54 Å². The van der Waals surface area contributed by atoms with Gasteiger partial charge in [-0.3, -0.25) is 5.43 Å². The molecule has 2 rings (SSSR count). The minimum absolute atomic E-state index is 0.941. The summed E-state index contributed by atoms with van der Waals surface area (Å²) in [5, 5.41) is 2.33. The predicted molar refractivity (Wildman–Crippen MR) is 67.1 cm³/mol. The molecule has 0 aliphatic carbocycles. The molecule has 0 saturated carbocycles. The van der Waals surface area contributed by atoms with Crippen LogP contribution in [0.3, 0.4) is 0 Å². The van der Waals surface area contributed by atoms with Crippen LogP contribution in [-0.4, -0.2) is 43.1 Å². The maximum atomic E-state index is 3.51. The minimum atomic E-state index is 0.941. The average Bonchev–Trinajstić information content (AvgIpc) is 2.30. The van der Waals surface area contributed by atoms with Crippen molar-refractivity contribution < 1.29 is 0 Å². The molecule has 0 bridgehead atoms. The zero-order valence-electron chi connectivity index (χ0n) is 10.2. The Balaban J connectivity index is 1.81. The number of nitrogens with one attached hydrogen (secondary N) is 1. The van der Waals surface area contributed by atoms with Crippen LogP contribution >= 0.6 is 0 Å². The van der Waals surface area contributed by atoms with Crippen molar-refractivity contribution in [3.05, 3.63) is 35.4 Å². The number of likely N-dealkylation sites (N-methyl/N-ethyl adjacent to an activating group) is 1. The molecule has 88 valence electrons. The second-order valence-corrected chi connectivity index (χ2v) is 4.55. The fourth-order valence-electron chi connectivity index (χ4n) is 1.97. The molecule has 0 atom stereocenters. The molecule has 0 unspecified atom stereocenters. The van der Waals surface area contributed by atoms with Gasteiger partial charge in [0.05, 0.1) is 0 Å². The van der Waals surface area contributed by atoms with Crippen molar-refractivity contribution >= 4 is 0 Å². The average molecular weight is 219 g/mol. The Hall–Kier alpha value is -0.900. The van der Waals surface area contributed by atoms with Crippen LogP contribution in [0.4, 0.5) is 0 Å². The quantitative estimate of drug-likeness (QED) is 0.825. The van der Waals surface area contributed by atoms with Gasteiger partial charge in [0.15, 0.2) is 0 Å². The zero-order chi connectivity index (χ0) is 11.4. The third-order valence-corrected chi connectivity index (χ3v) is 3.26. The highest BCUT2D eigenvalue weighted by Gasteiger charge is 2.12. The standard InChI is InChI=1S/C13H21N3/c1-12-5-3-4-6-13(12)11-14-16-9-7-15(2)8-10-16/h3-6,14H,7-11H2,1-2H3. The molecule has 1 fully saturated rings. The molecule has 3 nitrogen and oxygen atoms in total. The number of rotatable bonds is 3. The van der Waals surface area contributed by atoms with Gasteiger partial charge in [-0.05, 0) is 25.1 Å². The van der Waals surface area contributed by atoms with Crippen LogP contribution in [0, 0.1) is 6.92 Å². The molecule has 1 aliphatic rings. The molecular formula is C13H21N3. The van der Waals surface area contributed by atoms with Crippen LogP contribution in [0.1, 0.15) is 11.1 Å². The number of benzene rings is 1. The lowest BCUT2D eigenvalue weighted by molar-refractivity contribution is 0.102. The van der Waals surface area contributed by atoms with Crippen molar-refractivity contribution in [3.63, 3.8) is 0 Å². The van der Waals surface area contributed by atoms with Crippen LogP contribution in [0.15, 0.2) is 24.3 Å². The summed E-state index contributed by atoms with van der Waals surface area (Å²) >= 11 is 0. The van der Waals surface area contributed by atoms with E-state index in [4.69, 9.17) is 0 Å². The van der Waals surface area contributed by atoms with Crippen molar-refractivity contribution in [2.24, 2.45) is 0 Å². The highest BCUT2D eigenvalue weighted by Crippen LogP contribution is 2.06. The van der Waals surface area contributed by atoms with E-state index in [9.17, 15) is 0 Å². The molecule has 1 saturated heterocycles. The number of hydrazine groups is 1. The summed E-state index contributed by atoms with van der Waals surface area (Å²) in [6.45, 7) is 7.64. The SMILES string of the molecule is Cc1ccccc1CNN1CCN(C)CC1. The summed E-state index contributed by atoms with van der Waals surface area (Å²) in [6.07, 6.45) is 0. The van der Waals surface area contributed by atoms with Crippen LogP contribution in [0.25, 0.3) is 0 Å². The molecule has 16 heavy (non-hydrogen) atoms. The number of nitrogens with zero attached hydrogens (tertiary/aromatic N) is 2. The molecule has 0 amide bonds. The minimum Gasteiger partial charge on any atom is -0.304 e. The van der Waals surface area contributed by atoms with Crippen LogP contribution < -0.4 is 5.43 Å². The summed E-state index contributed by atoms with van der Waals surface area (Å²) < 4.78 is 0. The fourth-order valence-corrected chi connectivity index (χ4v) is 1.97. The van der Waals surface area contributed by atoms with E-state index in [0.29, 0.717) is 0 Å². The van der Waals surface area contributed by atoms with Crippen LogP contribution in [0.2, 0.25) is 0 Å². The lowest BCUT2D eigenvalue weighted by atomic mass is 10.1. The molecule has 1 aromatic carbocycles. The van der Waals surface area contributed by atoms with E-state index >= 15 is 0 Å². The monoisotopic (exact) mass is 219 g/mol. The second-order valence-electron chi connectivity index (χ2n) is 4.55. The van der Waals surface area contributed by atoms with Crippen molar-refractivity contribution in [2.45, 2.75) is 13.5 Å². The number of hydrogen-bond donors (Lipinski definition) is 1. The molecule has 1 heterocycles. The van der Waals surface area contributed by atoms with E-state index in [1.807, 2.05) is 0 Å². The number of piperazine rings is 1. The first-order valence-corrected chi connectivity index (χ1v) is 5.97. The van der Waals surface area contributed by atoms with Gasteiger partial charge < -0.3 is 4.90 Å². The fraction of sp³-hybridized carbons (Fsp3) is 0.538. The number of hydrogen-bond acceptors (Lipinski definition) is 3. The lowest BCUT2D eigenvalue weighted by Crippen LogP contribution is -2.50. The summed E-state index contributed by atoms with van der Waals surface area (Å²) in [7, 11) is 2.18. The maximum absolute atomic E-state index is 3.51. The largest absolute Gasteiger partial charge is 0.304 e. The molecule has 0 aromatic heterocycles. The topological polar surface area (TPSA) is 18.5 Å². The Labute approximate surface area is 98.0 Å². The Bertz CT molecular complexity index is 330. The molecular weight excluding hydrogens is 198 g/mol. The van der Waals surface area contributed by atoms with Crippen molar-refractivity contribution in [1.82, 2.24) is 15.3 Å². The Kier molecular flexibility index (Phi) is 3.93. The summed E-state index contributed by atoms with van der Waals surface area (Å²) in [5.41, 5.74) is 6.26. The summed E-state index contributed by atoms with van der Waals surface area (Å²) in [5.74, 6) is 0. The van der Waals surface area contributed by atoms with Gasteiger partial charge in [-0.15, -0.1) is 0 Å². The van der Waals surface area contributed by atoms with Gasteiger partial charge in [-0.1, -0.05) is 24.3 Å². The predicted octanol–water partition coefficient (Wildman–Crippen LogP) is 1.25. The number of aryl methyl sites for hydroxylation is 1. The van der Waals surface area contributed by atoms with Gasteiger partial charge in [-0.2, -0.15) is 0 Å². The summed E-state index contributed by atoms with van der Waals surface area (Å²) in [6, 6.07) is 8.56. The van der Waals surface area contributed by atoms with Gasteiger partial charge in [0.2, 0.25) is 0 Å². The molecule has 1 aliphatic heterocycles. The van der Waals surface area contributed by atoms with Crippen LogP contribution in [0.5, 0.6) is 0 Å². The van der Waals surface area contributed by atoms with E-state index in [0.717, 1.165) is 32.7 Å².